The Morgan fingerprint density at radius 3 is 2.81 bits per heavy atom. The Balaban J connectivity index is 1.98. The Morgan fingerprint density at radius 1 is 1.41 bits per heavy atom. The molecular weight excluding hydrogens is 354 g/mol. The van der Waals surface area contributed by atoms with Gasteiger partial charge in [0.15, 0.2) is 11.7 Å². The summed E-state index contributed by atoms with van der Waals surface area (Å²) in [6.45, 7) is 1.88. The molecule has 0 spiro atoms. The molecule has 1 atom stereocenters. The van der Waals surface area contributed by atoms with Gasteiger partial charge >= 0.3 is 11.9 Å². The number of carbonyl (C=O) groups is 3. The standard InChI is InChI=1S/C17H23N5O5/c1-10-4-5-12-13(7-10)27-15(24)9-22(12)8-14(23)21-11(16(25)26)3-2-6-20-17(18)19/h4-5,7,11H,2-3,6,8-9H2,1H3,(H,21,23)(H,25,26)(H4,18,19,20). The van der Waals surface area contributed by atoms with Crippen molar-refractivity contribution in [1.82, 2.24) is 5.32 Å². The fraction of sp³-hybridized carbons (Fsp3) is 0.412. The molecule has 1 unspecified atom stereocenters. The van der Waals surface area contributed by atoms with Crippen molar-refractivity contribution in [2.75, 3.05) is 24.5 Å². The topological polar surface area (TPSA) is 160 Å². The van der Waals surface area contributed by atoms with Crippen LogP contribution in [0.2, 0.25) is 0 Å². The molecule has 0 bridgehead atoms. The summed E-state index contributed by atoms with van der Waals surface area (Å²) in [4.78, 5) is 40.8. The lowest BCUT2D eigenvalue weighted by Crippen LogP contribution is -2.48. The second kappa shape index (κ2) is 8.88. The van der Waals surface area contributed by atoms with Crippen LogP contribution in [0, 0.1) is 6.92 Å². The largest absolute Gasteiger partial charge is 0.480 e. The van der Waals surface area contributed by atoms with Crippen molar-refractivity contribution in [3.8, 4) is 5.75 Å². The van der Waals surface area contributed by atoms with Gasteiger partial charge in [0.1, 0.15) is 12.6 Å². The first-order valence-corrected chi connectivity index (χ1v) is 8.40. The summed E-state index contributed by atoms with van der Waals surface area (Å²) >= 11 is 0. The number of carboxylic acids is 1. The summed E-state index contributed by atoms with van der Waals surface area (Å²) < 4.78 is 5.19. The van der Waals surface area contributed by atoms with Crippen molar-refractivity contribution < 1.29 is 24.2 Å². The first-order valence-electron chi connectivity index (χ1n) is 8.40. The van der Waals surface area contributed by atoms with Crippen LogP contribution in [0.4, 0.5) is 5.69 Å². The zero-order valence-corrected chi connectivity index (χ0v) is 15.0. The third-order valence-corrected chi connectivity index (χ3v) is 3.91. The number of amides is 1. The van der Waals surface area contributed by atoms with E-state index in [-0.39, 0.29) is 32.0 Å². The van der Waals surface area contributed by atoms with Gasteiger partial charge in [-0.05, 0) is 37.5 Å². The molecule has 0 aliphatic carbocycles. The Labute approximate surface area is 156 Å². The second-order valence-corrected chi connectivity index (χ2v) is 6.21. The first kappa shape index (κ1) is 20.0. The van der Waals surface area contributed by atoms with Gasteiger partial charge in [-0.1, -0.05) is 6.07 Å². The number of carboxylic acid groups (broad SMARTS) is 1. The van der Waals surface area contributed by atoms with E-state index < -0.39 is 23.9 Å². The first-order chi connectivity index (χ1) is 12.8. The van der Waals surface area contributed by atoms with Gasteiger partial charge in [-0.15, -0.1) is 0 Å². The molecule has 0 fully saturated rings. The minimum absolute atomic E-state index is 0.0724. The van der Waals surface area contributed by atoms with Crippen molar-refractivity contribution in [2.24, 2.45) is 16.5 Å². The van der Waals surface area contributed by atoms with Crippen LogP contribution >= 0.6 is 0 Å². The van der Waals surface area contributed by atoms with Crippen LogP contribution in [0.3, 0.4) is 0 Å². The average Bonchev–Trinajstić information content (AvgIpc) is 2.56. The molecular formula is C17H23N5O5. The highest BCUT2D eigenvalue weighted by atomic mass is 16.5. The molecule has 1 aliphatic rings. The average molecular weight is 377 g/mol. The van der Waals surface area contributed by atoms with E-state index in [2.05, 4.69) is 10.3 Å². The Bertz CT molecular complexity index is 760. The number of aryl methyl sites for hydroxylation is 1. The van der Waals surface area contributed by atoms with Crippen molar-refractivity contribution >= 4 is 29.5 Å². The highest BCUT2D eigenvalue weighted by Gasteiger charge is 2.27. The molecule has 27 heavy (non-hydrogen) atoms. The smallest absolute Gasteiger partial charge is 0.331 e. The van der Waals surface area contributed by atoms with E-state index in [1.807, 2.05) is 13.0 Å². The minimum atomic E-state index is -1.15. The van der Waals surface area contributed by atoms with E-state index in [0.29, 0.717) is 17.9 Å². The van der Waals surface area contributed by atoms with E-state index >= 15 is 0 Å². The van der Waals surface area contributed by atoms with Gasteiger partial charge < -0.3 is 31.5 Å². The molecule has 6 N–H and O–H groups in total. The number of nitrogens with one attached hydrogen (secondary N) is 1. The highest BCUT2D eigenvalue weighted by molar-refractivity contribution is 5.91. The van der Waals surface area contributed by atoms with Crippen LogP contribution < -0.4 is 26.4 Å². The monoisotopic (exact) mass is 377 g/mol. The second-order valence-electron chi connectivity index (χ2n) is 6.21. The van der Waals surface area contributed by atoms with Gasteiger partial charge in [-0.25, -0.2) is 9.59 Å². The van der Waals surface area contributed by atoms with E-state index in [9.17, 15) is 19.5 Å². The van der Waals surface area contributed by atoms with Gasteiger partial charge in [0.2, 0.25) is 5.91 Å². The molecule has 2 rings (SSSR count). The zero-order valence-electron chi connectivity index (χ0n) is 15.0. The van der Waals surface area contributed by atoms with E-state index in [1.165, 1.54) is 0 Å². The van der Waals surface area contributed by atoms with Gasteiger partial charge in [0, 0.05) is 6.54 Å². The summed E-state index contributed by atoms with van der Waals surface area (Å²) in [7, 11) is 0. The molecule has 0 saturated carbocycles. The SMILES string of the molecule is Cc1ccc2c(c1)OC(=O)CN2CC(=O)NC(CCCN=C(N)N)C(=O)O. The normalized spacial score (nSPS) is 14.0. The number of aliphatic carboxylic acids is 1. The lowest BCUT2D eigenvalue weighted by atomic mass is 10.1. The summed E-state index contributed by atoms with van der Waals surface area (Å²) in [5.74, 6) is -1.83. The van der Waals surface area contributed by atoms with Crippen LogP contribution in [0.1, 0.15) is 18.4 Å². The van der Waals surface area contributed by atoms with Crippen molar-refractivity contribution in [3.05, 3.63) is 23.8 Å². The van der Waals surface area contributed by atoms with Gasteiger partial charge in [-0.2, -0.15) is 0 Å². The molecule has 10 nitrogen and oxygen atoms in total. The molecule has 0 aromatic heterocycles. The molecule has 1 aromatic carbocycles. The Hall–Kier alpha value is -3.30. The van der Waals surface area contributed by atoms with Gasteiger partial charge in [-0.3, -0.25) is 9.79 Å². The fourth-order valence-corrected chi connectivity index (χ4v) is 2.68. The molecule has 0 radical (unpaired) electrons. The number of esters is 1. The number of anilines is 1. The number of benzene rings is 1. The number of carbonyl (C=O) groups excluding carboxylic acids is 2. The van der Waals surface area contributed by atoms with E-state index in [1.54, 1.807) is 17.0 Å². The molecule has 146 valence electrons. The van der Waals surface area contributed by atoms with Gasteiger partial charge in [0.25, 0.3) is 0 Å². The number of guanidine groups is 1. The number of nitrogens with zero attached hydrogens (tertiary/aromatic N) is 2. The summed E-state index contributed by atoms with van der Waals surface area (Å²) in [5, 5.41) is 11.7. The predicted octanol–water partition coefficient (Wildman–Crippen LogP) is -0.657. The lowest BCUT2D eigenvalue weighted by Gasteiger charge is -2.29. The number of ether oxygens (including phenoxy) is 1. The fourth-order valence-electron chi connectivity index (χ4n) is 2.68. The maximum atomic E-state index is 12.3. The van der Waals surface area contributed by atoms with E-state index in [0.717, 1.165) is 5.56 Å². The number of hydrogen-bond donors (Lipinski definition) is 4. The van der Waals surface area contributed by atoms with Crippen molar-refractivity contribution in [2.45, 2.75) is 25.8 Å². The molecule has 1 aromatic rings. The van der Waals surface area contributed by atoms with Crippen LogP contribution in [0.25, 0.3) is 0 Å². The van der Waals surface area contributed by atoms with Crippen LogP contribution in [0.5, 0.6) is 5.75 Å². The number of rotatable bonds is 8. The van der Waals surface area contributed by atoms with Crippen LogP contribution in [0.15, 0.2) is 23.2 Å². The number of fused-ring (bicyclic) bond motifs is 1. The summed E-state index contributed by atoms with van der Waals surface area (Å²) in [6, 6.07) is 4.24. The third kappa shape index (κ3) is 5.87. The Kier molecular flexibility index (Phi) is 6.58. The quantitative estimate of drug-likeness (QED) is 0.153. The molecule has 10 heteroatoms. The number of hydrogen-bond acceptors (Lipinski definition) is 6. The third-order valence-electron chi connectivity index (χ3n) is 3.91. The molecule has 1 aliphatic heterocycles. The van der Waals surface area contributed by atoms with Crippen molar-refractivity contribution in [3.63, 3.8) is 0 Å². The van der Waals surface area contributed by atoms with Crippen LogP contribution in [-0.2, 0) is 14.4 Å². The minimum Gasteiger partial charge on any atom is -0.480 e. The molecule has 1 heterocycles. The van der Waals surface area contributed by atoms with E-state index in [4.69, 9.17) is 16.2 Å². The Morgan fingerprint density at radius 2 is 2.15 bits per heavy atom. The number of aliphatic imine (C=N–C) groups is 1. The summed E-state index contributed by atoms with van der Waals surface area (Å²) in [6.07, 6.45) is 0.572. The van der Waals surface area contributed by atoms with Gasteiger partial charge in [0.05, 0.1) is 12.2 Å². The predicted molar refractivity (Wildman–Crippen MR) is 98.5 cm³/mol. The van der Waals surface area contributed by atoms with Crippen molar-refractivity contribution in [1.29, 1.82) is 0 Å². The maximum Gasteiger partial charge on any atom is 0.331 e. The highest BCUT2D eigenvalue weighted by Crippen LogP contribution is 2.32. The molecule has 0 saturated heterocycles. The molecule has 1 amide bonds. The maximum absolute atomic E-state index is 12.3. The summed E-state index contributed by atoms with van der Waals surface area (Å²) in [5.41, 5.74) is 11.9. The number of nitrogens with two attached hydrogens (primary N) is 2. The zero-order chi connectivity index (χ0) is 20.0. The van der Waals surface area contributed by atoms with Crippen LogP contribution in [-0.4, -0.2) is 54.6 Å². The lowest BCUT2D eigenvalue weighted by molar-refractivity contribution is -0.142.